The van der Waals surface area contributed by atoms with Crippen LogP contribution in [0.2, 0.25) is 0 Å². The second-order valence-electron chi connectivity index (χ2n) is 4.94. The number of hydrogen-bond acceptors (Lipinski definition) is 8. The van der Waals surface area contributed by atoms with E-state index in [-0.39, 0.29) is 32.0 Å². The van der Waals surface area contributed by atoms with E-state index in [4.69, 9.17) is 27.7 Å². The maximum absolute atomic E-state index is 13.1. The van der Waals surface area contributed by atoms with Crippen molar-refractivity contribution >= 4 is 13.6 Å². The minimum absolute atomic E-state index is 0.107. The first-order valence-corrected chi connectivity index (χ1v) is 9.71. The average molecular weight is 378 g/mol. The molecule has 0 saturated carbocycles. The summed E-state index contributed by atoms with van der Waals surface area (Å²) < 4.78 is 45.0. The van der Waals surface area contributed by atoms with Gasteiger partial charge in [-0.2, -0.15) is 0 Å². The fourth-order valence-electron chi connectivity index (χ4n) is 2.33. The van der Waals surface area contributed by atoms with E-state index in [1.54, 1.807) is 26.8 Å². The van der Waals surface area contributed by atoms with Crippen LogP contribution in [0.4, 0.5) is 0 Å². The lowest BCUT2D eigenvalue weighted by Crippen LogP contribution is -2.36. The molecule has 0 aliphatic carbocycles. The number of hydrogen-bond donors (Lipinski definition) is 0. The zero-order valence-electron chi connectivity index (χ0n) is 15.4. The van der Waals surface area contributed by atoms with E-state index >= 15 is 0 Å². The summed E-state index contributed by atoms with van der Waals surface area (Å²) in [4.78, 5) is 11.7. The smallest absolute Gasteiger partial charge is 0.389 e. The number of esters is 1. The minimum atomic E-state index is -3.70. The molecule has 1 rings (SSSR count). The number of carbonyl (C=O) groups is 1. The van der Waals surface area contributed by atoms with Crippen molar-refractivity contribution in [3.05, 3.63) is 23.7 Å². The van der Waals surface area contributed by atoms with Crippen molar-refractivity contribution in [2.24, 2.45) is 0 Å². The third-order valence-electron chi connectivity index (χ3n) is 3.48. The van der Waals surface area contributed by atoms with Gasteiger partial charge in [0, 0.05) is 27.1 Å². The maximum atomic E-state index is 13.1. The van der Waals surface area contributed by atoms with Crippen molar-refractivity contribution in [1.29, 1.82) is 0 Å². The van der Waals surface area contributed by atoms with E-state index in [0.29, 0.717) is 12.2 Å². The molecule has 0 atom stereocenters. The summed E-state index contributed by atoms with van der Waals surface area (Å²) in [5.41, 5.74) is -1.57. The van der Waals surface area contributed by atoms with Gasteiger partial charge in [0.25, 0.3) is 5.53 Å². The molecule has 0 fully saturated rings. The zero-order valence-corrected chi connectivity index (χ0v) is 16.3. The Morgan fingerprint density at radius 1 is 1.08 bits per heavy atom. The molecule has 8 nitrogen and oxygen atoms in total. The number of ether oxygens (including phenoxy) is 3. The number of aryl methyl sites for hydroxylation is 1. The number of methoxy groups -OCH3 is 2. The molecule has 0 aromatic carbocycles. The molecule has 144 valence electrons. The Morgan fingerprint density at radius 2 is 1.68 bits per heavy atom. The van der Waals surface area contributed by atoms with Crippen molar-refractivity contribution in [2.75, 3.05) is 34.0 Å². The van der Waals surface area contributed by atoms with Gasteiger partial charge in [0.15, 0.2) is 0 Å². The van der Waals surface area contributed by atoms with Crippen molar-refractivity contribution in [2.45, 2.75) is 39.1 Å². The van der Waals surface area contributed by atoms with Crippen LogP contribution in [-0.2, 0) is 34.2 Å². The molecule has 0 radical (unpaired) electrons. The Labute approximate surface area is 148 Å². The molecule has 0 N–H and O–H groups in total. The fraction of sp³-hybridized carbons (Fsp3) is 0.688. The molecule has 0 aliphatic heterocycles. The fourth-order valence-corrected chi connectivity index (χ4v) is 4.31. The second-order valence-corrected chi connectivity index (χ2v) is 7.13. The molecule has 0 spiro atoms. The molecular formula is C16H27O8P. The summed E-state index contributed by atoms with van der Waals surface area (Å²) >= 11 is 0. The van der Waals surface area contributed by atoms with Gasteiger partial charge in [-0.15, -0.1) is 0 Å². The predicted octanol–water partition coefficient (Wildman–Crippen LogP) is 3.60. The lowest BCUT2D eigenvalue weighted by molar-refractivity contribution is -0.163. The Hall–Kier alpha value is -1.18. The van der Waals surface area contributed by atoms with Gasteiger partial charge in [-0.1, -0.05) is 0 Å². The molecule has 1 aromatic heterocycles. The van der Waals surface area contributed by atoms with Crippen LogP contribution in [0, 0.1) is 0 Å². The summed E-state index contributed by atoms with van der Waals surface area (Å²) in [5.74, 6) is 0.0731. The highest BCUT2D eigenvalue weighted by Crippen LogP contribution is 2.62. The molecule has 1 aromatic rings. The van der Waals surface area contributed by atoms with Gasteiger partial charge in [-0.05, 0) is 32.9 Å². The second kappa shape index (κ2) is 10.1. The van der Waals surface area contributed by atoms with Crippen LogP contribution < -0.4 is 0 Å². The lowest BCUT2D eigenvalue weighted by atomic mass is 10.2. The van der Waals surface area contributed by atoms with Crippen molar-refractivity contribution < 1.29 is 37.0 Å². The summed E-state index contributed by atoms with van der Waals surface area (Å²) in [5, 5.41) is 0. The van der Waals surface area contributed by atoms with Crippen LogP contribution >= 0.6 is 7.60 Å². The SMILES string of the molecule is CCOC(=O)c1ccc(CCC(OC)(OC)P(=O)(OCC)OCC)o1. The maximum Gasteiger partial charge on any atom is 0.389 e. The molecule has 0 unspecified atom stereocenters. The van der Waals surface area contributed by atoms with Gasteiger partial charge >= 0.3 is 13.6 Å². The highest BCUT2D eigenvalue weighted by Gasteiger charge is 2.52. The average Bonchev–Trinajstić information content (AvgIpc) is 3.06. The van der Waals surface area contributed by atoms with Gasteiger partial charge < -0.3 is 27.7 Å². The van der Waals surface area contributed by atoms with Crippen LogP contribution in [-0.4, -0.2) is 45.5 Å². The Morgan fingerprint density at radius 3 is 2.16 bits per heavy atom. The monoisotopic (exact) mass is 378 g/mol. The van der Waals surface area contributed by atoms with E-state index in [9.17, 15) is 9.36 Å². The highest BCUT2D eigenvalue weighted by atomic mass is 31.2. The molecule has 25 heavy (non-hydrogen) atoms. The molecule has 1 heterocycles. The van der Waals surface area contributed by atoms with Crippen molar-refractivity contribution in [3.8, 4) is 0 Å². The first kappa shape index (κ1) is 21.9. The van der Waals surface area contributed by atoms with E-state index < -0.39 is 19.1 Å². The molecule has 0 saturated heterocycles. The van der Waals surface area contributed by atoms with Gasteiger partial charge in [-0.25, -0.2) is 4.79 Å². The van der Waals surface area contributed by atoms with Crippen molar-refractivity contribution in [3.63, 3.8) is 0 Å². The van der Waals surface area contributed by atoms with E-state index in [2.05, 4.69) is 0 Å². The van der Waals surface area contributed by atoms with Gasteiger partial charge in [-0.3, -0.25) is 4.57 Å². The third kappa shape index (κ3) is 5.15. The Bertz CT molecular complexity index is 568. The first-order valence-electron chi connectivity index (χ1n) is 8.17. The van der Waals surface area contributed by atoms with E-state index in [1.807, 2.05) is 0 Å². The molecule has 9 heteroatoms. The molecular weight excluding hydrogens is 351 g/mol. The van der Waals surface area contributed by atoms with Crippen LogP contribution in [0.3, 0.4) is 0 Å². The van der Waals surface area contributed by atoms with Gasteiger partial charge in [0.1, 0.15) is 5.76 Å². The van der Waals surface area contributed by atoms with Crippen LogP contribution in [0.15, 0.2) is 16.5 Å². The first-order chi connectivity index (χ1) is 11.9. The van der Waals surface area contributed by atoms with E-state index in [0.717, 1.165) is 0 Å². The standard InChI is InChI=1S/C16H27O8P/c1-6-21-15(17)14-10-9-13(24-14)11-12-16(19-4,20-5)25(18,22-7-2)23-8-3/h9-10H,6-8,11-12H2,1-5H3. The highest BCUT2D eigenvalue weighted by molar-refractivity contribution is 7.55. The van der Waals surface area contributed by atoms with Crippen LogP contribution in [0.5, 0.6) is 0 Å². The number of furan rings is 1. The Kier molecular flexibility index (Phi) is 8.82. The Balaban J connectivity index is 2.94. The largest absolute Gasteiger partial charge is 0.460 e. The molecule has 0 amide bonds. The number of rotatable bonds is 12. The summed E-state index contributed by atoms with van der Waals surface area (Å²) in [7, 11) is -0.947. The minimum Gasteiger partial charge on any atom is -0.460 e. The molecule has 0 aliphatic rings. The summed E-state index contributed by atoms with van der Waals surface area (Å²) in [6.07, 6.45) is 0.443. The normalized spacial score (nSPS) is 12.4. The predicted molar refractivity (Wildman–Crippen MR) is 90.6 cm³/mol. The van der Waals surface area contributed by atoms with Crippen LogP contribution in [0.1, 0.15) is 43.5 Å². The van der Waals surface area contributed by atoms with Gasteiger partial charge in [0.05, 0.1) is 19.8 Å². The van der Waals surface area contributed by atoms with Crippen molar-refractivity contribution in [1.82, 2.24) is 0 Å². The topological polar surface area (TPSA) is 93.4 Å². The molecule has 0 bridgehead atoms. The van der Waals surface area contributed by atoms with Crippen LogP contribution in [0.25, 0.3) is 0 Å². The lowest BCUT2D eigenvalue weighted by Gasteiger charge is -2.35. The van der Waals surface area contributed by atoms with E-state index in [1.165, 1.54) is 20.3 Å². The number of carbonyl (C=O) groups excluding carboxylic acids is 1. The third-order valence-corrected chi connectivity index (χ3v) is 6.10. The summed E-state index contributed by atoms with van der Waals surface area (Å²) in [6.45, 7) is 5.75. The quantitative estimate of drug-likeness (QED) is 0.309. The summed E-state index contributed by atoms with van der Waals surface area (Å²) in [6, 6.07) is 3.17. The zero-order chi connectivity index (χ0) is 18.9. The van der Waals surface area contributed by atoms with Gasteiger partial charge in [0.2, 0.25) is 5.76 Å².